The highest BCUT2D eigenvalue weighted by Crippen LogP contribution is 2.34. The van der Waals surface area contributed by atoms with E-state index >= 15 is 0 Å². The van der Waals surface area contributed by atoms with Gasteiger partial charge < -0.3 is 5.11 Å². The van der Waals surface area contributed by atoms with Gasteiger partial charge >= 0.3 is 0 Å². The number of rotatable bonds is 2. The lowest BCUT2D eigenvalue weighted by Gasteiger charge is -2.35. The Kier molecular flexibility index (Phi) is 3.70. The van der Waals surface area contributed by atoms with Gasteiger partial charge in [-0.05, 0) is 49.3 Å². The summed E-state index contributed by atoms with van der Waals surface area (Å²) in [6.45, 7) is 2.28. The molecule has 0 heterocycles. The first kappa shape index (κ1) is 12.1. The quantitative estimate of drug-likeness (QED) is 0.871. The Morgan fingerprint density at radius 2 is 2.06 bits per heavy atom. The second kappa shape index (κ2) is 4.89. The Balaban J connectivity index is 2.03. The van der Waals surface area contributed by atoms with Gasteiger partial charge in [0.1, 0.15) is 0 Å². The monoisotopic (exact) mass is 282 g/mol. The second-order valence-electron chi connectivity index (χ2n) is 5.21. The van der Waals surface area contributed by atoms with E-state index in [2.05, 4.69) is 35.0 Å². The zero-order valence-electron chi connectivity index (χ0n) is 9.75. The van der Waals surface area contributed by atoms with Crippen molar-refractivity contribution in [3.63, 3.8) is 0 Å². The maximum absolute atomic E-state index is 10.5. The summed E-state index contributed by atoms with van der Waals surface area (Å²) in [4.78, 5) is 0. The van der Waals surface area contributed by atoms with Gasteiger partial charge in [0.2, 0.25) is 0 Å². The molecule has 2 heteroatoms. The van der Waals surface area contributed by atoms with Crippen LogP contribution in [0.5, 0.6) is 0 Å². The molecule has 1 aliphatic rings. The molecule has 1 aromatic carbocycles. The Morgan fingerprint density at radius 1 is 1.38 bits per heavy atom. The summed E-state index contributed by atoms with van der Waals surface area (Å²) >= 11 is 3.47. The summed E-state index contributed by atoms with van der Waals surface area (Å²) in [6, 6.07) is 8.27. The fraction of sp³-hybridized carbons (Fsp3) is 0.571. The molecular formula is C14H19BrO. The minimum absolute atomic E-state index is 0.465. The van der Waals surface area contributed by atoms with Crippen molar-refractivity contribution in [2.24, 2.45) is 5.92 Å². The first-order valence-corrected chi connectivity index (χ1v) is 6.84. The van der Waals surface area contributed by atoms with Crippen LogP contribution >= 0.6 is 15.9 Å². The fourth-order valence-corrected chi connectivity index (χ4v) is 2.95. The van der Waals surface area contributed by atoms with Gasteiger partial charge in [-0.2, -0.15) is 0 Å². The van der Waals surface area contributed by atoms with E-state index in [9.17, 15) is 5.11 Å². The molecule has 0 bridgehead atoms. The molecule has 1 nitrogen and oxygen atoms in total. The van der Waals surface area contributed by atoms with Crippen molar-refractivity contribution in [1.82, 2.24) is 0 Å². The predicted octanol–water partition coefficient (Wildman–Crippen LogP) is 3.93. The van der Waals surface area contributed by atoms with Gasteiger partial charge in [0.05, 0.1) is 5.60 Å². The van der Waals surface area contributed by atoms with Crippen molar-refractivity contribution < 1.29 is 5.11 Å². The second-order valence-corrected chi connectivity index (χ2v) is 6.13. The smallest absolute Gasteiger partial charge is 0.0688 e. The molecule has 0 unspecified atom stereocenters. The van der Waals surface area contributed by atoms with Crippen LogP contribution < -0.4 is 0 Å². The van der Waals surface area contributed by atoms with Gasteiger partial charge in [-0.1, -0.05) is 35.0 Å². The van der Waals surface area contributed by atoms with Gasteiger partial charge in [0.15, 0.2) is 0 Å². The lowest BCUT2D eigenvalue weighted by Crippen LogP contribution is -2.35. The molecule has 1 fully saturated rings. The number of hydrogen-bond acceptors (Lipinski definition) is 1. The normalized spacial score (nSPS) is 30.3. The number of benzene rings is 1. The average molecular weight is 283 g/mol. The van der Waals surface area contributed by atoms with E-state index in [-0.39, 0.29) is 0 Å². The third-order valence-electron chi connectivity index (χ3n) is 3.63. The highest BCUT2D eigenvalue weighted by Gasteiger charge is 2.31. The number of hydrogen-bond donors (Lipinski definition) is 1. The van der Waals surface area contributed by atoms with E-state index < -0.39 is 5.60 Å². The number of aliphatic hydroxyl groups is 1. The van der Waals surface area contributed by atoms with Crippen LogP contribution in [0.15, 0.2) is 28.7 Å². The third kappa shape index (κ3) is 3.08. The molecule has 1 aliphatic carbocycles. The molecule has 0 aliphatic heterocycles. The topological polar surface area (TPSA) is 20.2 Å². The highest BCUT2D eigenvalue weighted by atomic mass is 79.9. The summed E-state index contributed by atoms with van der Waals surface area (Å²) in [5.41, 5.74) is 0.763. The Hall–Kier alpha value is -0.340. The molecule has 2 rings (SSSR count). The predicted molar refractivity (Wildman–Crippen MR) is 70.4 cm³/mol. The SMILES string of the molecule is CC1CCC(O)(Cc2cccc(Br)c2)CC1. The lowest BCUT2D eigenvalue weighted by atomic mass is 9.76. The molecule has 0 spiro atoms. The van der Waals surface area contributed by atoms with Crippen LogP contribution in [0, 0.1) is 5.92 Å². The van der Waals surface area contributed by atoms with Crippen molar-refractivity contribution in [3.05, 3.63) is 34.3 Å². The van der Waals surface area contributed by atoms with E-state index in [1.165, 1.54) is 5.56 Å². The summed E-state index contributed by atoms with van der Waals surface area (Å²) in [5, 5.41) is 10.5. The Labute approximate surface area is 106 Å². The molecule has 0 saturated heterocycles. The van der Waals surface area contributed by atoms with Crippen LogP contribution in [0.2, 0.25) is 0 Å². The largest absolute Gasteiger partial charge is 0.390 e. The van der Waals surface area contributed by atoms with Gasteiger partial charge in [-0.15, -0.1) is 0 Å². The molecule has 16 heavy (non-hydrogen) atoms. The van der Waals surface area contributed by atoms with Crippen LogP contribution in [0.1, 0.15) is 38.2 Å². The molecular weight excluding hydrogens is 264 g/mol. The molecule has 1 saturated carbocycles. The average Bonchev–Trinajstić information content (AvgIpc) is 2.23. The number of halogens is 1. The molecule has 1 N–H and O–H groups in total. The molecule has 0 aromatic heterocycles. The minimum atomic E-state index is -0.465. The molecule has 1 aromatic rings. The van der Waals surface area contributed by atoms with Crippen LogP contribution in [-0.2, 0) is 6.42 Å². The fourth-order valence-electron chi connectivity index (χ4n) is 2.50. The maximum atomic E-state index is 10.5. The van der Waals surface area contributed by atoms with Crippen LogP contribution in [0.4, 0.5) is 0 Å². The standard InChI is InChI=1S/C14H19BrO/c1-11-5-7-14(16,8-6-11)10-12-3-2-4-13(15)9-12/h2-4,9,11,16H,5-8,10H2,1H3. The first-order valence-electron chi connectivity index (χ1n) is 6.04. The van der Waals surface area contributed by atoms with Crippen molar-refractivity contribution >= 4 is 15.9 Å². The lowest BCUT2D eigenvalue weighted by molar-refractivity contribution is -0.00668. The van der Waals surface area contributed by atoms with E-state index in [0.717, 1.165) is 42.5 Å². The van der Waals surface area contributed by atoms with Crippen LogP contribution in [-0.4, -0.2) is 10.7 Å². The highest BCUT2D eigenvalue weighted by molar-refractivity contribution is 9.10. The zero-order chi connectivity index (χ0) is 11.6. The van der Waals surface area contributed by atoms with Crippen LogP contribution in [0.25, 0.3) is 0 Å². The summed E-state index contributed by atoms with van der Waals surface area (Å²) < 4.78 is 1.10. The van der Waals surface area contributed by atoms with E-state index in [1.54, 1.807) is 0 Å². The molecule has 0 atom stereocenters. The van der Waals surface area contributed by atoms with Gasteiger partial charge in [0, 0.05) is 10.9 Å². The Bertz CT molecular complexity index is 354. The maximum Gasteiger partial charge on any atom is 0.0688 e. The van der Waals surface area contributed by atoms with E-state index in [4.69, 9.17) is 0 Å². The zero-order valence-corrected chi connectivity index (χ0v) is 11.3. The van der Waals surface area contributed by atoms with Crippen molar-refractivity contribution in [1.29, 1.82) is 0 Å². The van der Waals surface area contributed by atoms with Crippen molar-refractivity contribution in [3.8, 4) is 0 Å². The summed E-state index contributed by atoms with van der Waals surface area (Å²) in [7, 11) is 0. The molecule has 0 radical (unpaired) electrons. The molecule has 0 amide bonds. The van der Waals surface area contributed by atoms with Gasteiger partial charge in [-0.3, -0.25) is 0 Å². The van der Waals surface area contributed by atoms with Crippen molar-refractivity contribution in [2.45, 2.75) is 44.6 Å². The van der Waals surface area contributed by atoms with Gasteiger partial charge in [-0.25, -0.2) is 0 Å². The van der Waals surface area contributed by atoms with E-state index in [0.29, 0.717) is 0 Å². The van der Waals surface area contributed by atoms with Gasteiger partial charge in [0.25, 0.3) is 0 Å². The minimum Gasteiger partial charge on any atom is -0.390 e. The van der Waals surface area contributed by atoms with Crippen LogP contribution in [0.3, 0.4) is 0 Å². The summed E-state index contributed by atoms with van der Waals surface area (Å²) in [5.74, 6) is 0.780. The van der Waals surface area contributed by atoms with E-state index in [1.807, 2.05) is 12.1 Å². The first-order chi connectivity index (χ1) is 7.57. The molecule has 88 valence electrons. The summed E-state index contributed by atoms with van der Waals surface area (Å²) in [6.07, 6.45) is 5.00. The Morgan fingerprint density at radius 3 is 2.69 bits per heavy atom. The van der Waals surface area contributed by atoms with Crippen molar-refractivity contribution in [2.75, 3.05) is 0 Å². The third-order valence-corrected chi connectivity index (χ3v) is 4.12.